The number of hydrogen-bond acceptors (Lipinski definition) is 4. The first-order valence-electron chi connectivity index (χ1n) is 7.60. The van der Waals surface area contributed by atoms with Crippen molar-refractivity contribution in [2.24, 2.45) is 5.92 Å². The van der Waals surface area contributed by atoms with Gasteiger partial charge in [0.05, 0.1) is 0 Å². The summed E-state index contributed by atoms with van der Waals surface area (Å²) in [5.74, 6) is 1.60. The van der Waals surface area contributed by atoms with Crippen LogP contribution in [0.4, 0.5) is 5.82 Å². The highest BCUT2D eigenvalue weighted by atomic mass is 32.2. The van der Waals surface area contributed by atoms with Gasteiger partial charge in [-0.15, -0.1) is 0 Å². The van der Waals surface area contributed by atoms with Gasteiger partial charge < -0.3 is 4.90 Å². The fourth-order valence-electron chi connectivity index (χ4n) is 2.78. The Morgan fingerprint density at radius 2 is 2.19 bits per heavy atom. The van der Waals surface area contributed by atoms with Crippen molar-refractivity contribution in [3.05, 3.63) is 18.3 Å². The first-order chi connectivity index (χ1) is 9.94. The number of sulfonamides is 1. The molecule has 2 rings (SSSR count). The van der Waals surface area contributed by atoms with E-state index in [1.54, 1.807) is 6.07 Å². The summed E-state index contributed by atoms with van der Waals surface area (Å²) in [5, 5.41) is 0. The SMILES string of the molecule is CNS(=O)(=O)c1ccc(N2CCCC2CCC(C)C)nc1. The maximum atomic E-state index is 11.7. The highest BCUT2D eigenvalue weighted by Crippen LogP contribution is 2.28. The normalized spacial score (nSPS) is 19.4. The van der Waals surface area contributed by atoms with E-state index in [1.807, 2.05) is 6.07 Å². The highest BCUT2D eigenvalue weighted by molar-refractivity contribution is 7.89. The molecule has 0 spiro atoms. The van der Waals surface area contributed by atoms with Crippen LogP contribution in [0.25, 0.3) is 0 Å². The zero-order chi connectivity index (χ0) is 15.5. The predicted molar refractivity (Wildman–Crippen MR) is 84.9 cm³/mol. The predicted octanol–water partition coefficient (Wildman–Crippen LogP) is 2.39. The average molecular weight is 311 g/mol. The zero-order valence-corrected chi connectivity index (χ0v) is 13.9. The first kappa shape index (κ1) is 16.2. The van der Waals surface area contributed by atoms with Crippen LogP contribution in [-0.4, -0.2) is 33.0 Å². The van der Waals surface area contributed by atoms with E-state index in [0.29, 0.717) is 12.0 Å². The van der Waals surface area contributed by atoms with Crippen LogP contribution in [-0.2, 0) is 10.0 Å². The second-order valence-electron chi connectivity index (χ2n) is 6.02. The number of nitrogens with one attached hydrogen (secondary N) is 1. The van der Waals surface area contributed by atoms with Crippen molar-refractivity contribution in [1.82, 2.24) is 9.71 Å². The Hall–Kier alpha value is -1.14. The number of hydrogen-bond donors (Lipinski definition) is 1. The number of pyridine rings is 1. The third-order valence-corrected chi connectivity index (χ3v) is 5.45. The van der Waals surface area contributed by atoms with Crippen LogP contribution >= 0.6 is 0 Å². The second kappa shape index (κ2) is 6.75. The van der Waals surface area contributed by atoms with Crippen LogP contribution in [0.2, 0.25) is 0 Å². The van der Waals surface area contributed by atoms with Gasteiger partial charge in [0.1, 0.15) is 10.7 Å². The van der Waals surface area contributed by atoms with Crippen molar-refractivity contribution >= 4 is 15.8 Å². The minimum Gasteiger partial charge on any atom is -0.354 e. The van der Waals surface area contributed by atoms with Crippen molar-refractivity contribution in [1.29, 1.82) is 0 Å². The molecule has 1 aromatic rings. The molecule has 1 saturated heterocycles. The van der Waals surface area contributed by atoms with Crippen LogP contribution in [0.15, 0.2) is 23.2 Å². The Kier molecular flexibility index (Phi) is 5.22. The van der Waals surface area contributed by atoms with Crippen molar-refractivity contribution in [2.75, 3.05) is 18.5 Å². The van der Waals surface area contributed by atoms with Gasteiger partial charge in [0.2, 0.25) is 10.0 Å². The number of nitrogens with zero attached hydrogens (tertiary/aromatic N) is 2. The minimum atomic E-state index is -3.40. The van der Waals surface area contributed by atoms with Crippen molar-refractivity contribution < 1.29 is 8.42 Å². The summed E-state index contributed by atoms with van der Waals surface area (Å²) in [7, 11) is -2.00. The van der Waals surface area contributed by atoms with E-state index in [9.17, 15) is 8.42 Å². The number of rotatable bonds is 6. The summed E-state index contributed by atoms with van der Waals surface area (Å²) >= 11 is 0. The van der Waals surface area contributed by atoms with Gasteiger partial charge in [-0.25, -0.2) is 18.1 Å². The topological polar surface area (TPSA) is 62.3 Å². The molecule has 1 N–H and O–H groups in total. The lowest BCUT2D eigenvalue weighted by molar-refractivity contribution is 0.494. The number of aromatic nitrogens is 1. The monoisotopic (exact) mass is 311 g/mol. The summed E-state index contributed by atoms with van der Waals surface area (Å²) in [4.78, 5) is 6.89. The van der Waals surface area contributed by atoms with Crippen molar-refractivity contribution in [3.63, 3.8) is 0 Å². The van der Waals surface area contributed by atoms with Gasteiger partial charge in [-0.2, -0.15) is 0 Å². The maximum Gasteiger partial charge on any atom is 0.241 e. The van der Waals surface area contributed by atoms with E-state index in [4.69, 9.17) is 0 Å². The molecule has 1 aliphatic heterocycles. The zero-order valence-electron chi connectivity index (χ0n) is 13.0. The molecule has 21 heavy (non-hydrogen) atoms. The Labute approximate surface area is 127 Å². The largest absolute Gasteiger partial charge is 0.354 e. The molecule has 1 aromatic heterocycles. The van der Waals surface area contributed by atoms with E-state index < -0.39 is 10.0 Å². The smallest absolute Gasteiger partial charge is 0.241 e. The van der Waals surface area contributed by atoms with Gasteiger partial charge in [-0.05, 0) is 50.8 Å². The van der Waals surface area contributed by atoms with Gasteiger partial charge >= 0.3 is 0 Å². The van der Waals surface area contributed by atoms with Gasteiger partial charge in [-0.1, -0.05) is 13.8 Å². The van der Waals surface area contributed by atoms with Crippen LogP contribution in [0.3, 0.4) is 0 Å². The molecule has 1 atom stereocenters. The van der Waals surface area contributed by atoms with Crippen LogP contribution < -0.4 is 9.62 Å². The Balaban J connectivity index is 2.10. The lowest BCUT2D eigenvalue weighted by Crippen LogP contribution is -2.30. The fourth-order valence-corrected chi connectivity index (χ4v) is 3.46. The van der Waals surface area contributed by atoms with Crippen LogP contribution in [0, 0.1) is 5.92 Å². The molecule has 118 valence electrons. The van der Waals surface area contributed by atoms with Crippen LogP contribution in [0.5, 0.6) is 0 Å². The molecule has 0 aromatic carbocycles. The molecule has 0 saturated carbocycles. The Bertz CT molecular complexity index is 555. The van der Waals surface area contributed by atoms with E-state index in [2.05, 4.69) is 28.5 Å². The molecule has 1 unspecified atom stereocenters. The van der Waals surface area contributed by atoms with E-state index >= 15 is 0 Å². The lowest BCUT2D eigenvalue weighted by Gasteiger charge is -2.26. The summed E-state index contributed by atoms with van der Waals surface area (Å²) in [6.07, 6.45) is 6.22. The fraction of sp³-hybridized carbons (Fsp3) is 0.667. The van der Waals surface area contributed by atoms with E-state index in [0.717, 1.165) is 12.4 Å². The molecule has 5 nitrogen and oxygen atoms in total. The third-order valence-electron chi connectivity index (χ3n) is 4.05. The van der Waals surface area contributed by atoms with E-state index in [-0.39, 0.29) is 4.90 Å². The average Bonchev–Trinajstić information content (AvgIpc) is 2.93. The minimum absolute atomic E-state index is 0.215. The van der Waals surface area contributed by atoms with Crippen LogP contribution in [0.1, 0.15) is 39.5 Å². The second-order valence-corrected chi connectivity index (χ2v) is 7.91. The molecular formula is C15H25N3O2S. The summed E-state index contributed by atoms with van der Waals surface area (Å²) in [5.41, 5.74) is 0. The lowest BCUT2D eigenvalue weighted by atomic mass is 10.0. The molecular weight excluding hydrogens is 286 g/mol. The quantitative estimate of drug-likeness (QED) is 0.876. The van der Waals surface area contributed by atoms with Gasteiger partial charge in [0, 0.05) is 18.8 Å². The van der Waals surface area contributed by atoms with Gasteiger partial charge in [0.25, 0.3) is 0 Å². The summed E-state index contributed by atoms with van der Waals surface area (Å²) in [6.45, 7) is 5.50. The van der Waals surface area contributed by atoms with Gasteiger partial charge in [0.15, 0.2) is 0 Å². The van der Waals surface area contributed by atoms with Crippen molar-refractivity contribution in [3.8, 4) is 0 Å². The molecule has 0 aliphatic carbocycles. The molecule has 6 heteroatoms. The Morgan fingerprint density at radius 3 is 2.76 bits per heavy atom. The maximum absolute atomic E-state index is 11.7. The molecule has 0 amide bonds. The molecule has 0 radical (unpaired) electrons. The summed E-state index contributed by atoms with van der Waals surface area (Å²) < 4.78 is 25.7. The third kappa shape index (κ3) is 3.95. The number of anilines is 1. The molecule has 2 heterocycles. The molecule has 0 bridgehead atoms. The molecule has 1 fully saturated rings. The summed E-state index contributed by atoms with van der Waals surface area (Å²) in [6, 6.07) is 3.98. The van der Waals surface area contributed by atoms with E-state index in [1.165, 1.54) is 38.9 Å². The highest BCUT2D eigenvalue weighted by Gasteiger charge is 2.25. The first-order valence-corrected chi connectivity index (χ1v) is 9.08. The standard InChI is InChI=1S/C15H25N3O2S/c1-12(2)6-7-13-5-4-10-18(13)15-9-8-14(11-17-15)21(19,20)16-3/h8-9,11-13,16H,4-7,10H2,1-3H3. The molecule has 1 aliphatic rings. The van der Waals surface area contributed by atoms with Gasteiger partial charge in [-0.3, -0.25) is 0 Å². The van der Waals surface area contributed by atoms with Crippen molar-refractivity contribution in [2.45, 2.75) is 50.5 Å². The Morgan fingerprint density at radius 1 is 1.43 bits per heavy atom.